The van der Waals surface area contributed by atoms with Crippen LogP contribution in [0.1, 0.15) is 60.8 Å². The third-order valence-electron chi connectivity index (χ3n) is 4.24. The maximum atomic E-state index is 5.80. The number of nitrogens with one attached hydrogen (secondary N) is 2. The standard InChI is InChI=1S/C19H42N4O/c1-7-20-19(21-14-11-12-16-23(8-2)9-3)22-15-13-18(17(5)6)24-10-4/h17-18H,7-16H2,1-6H3,(H2,20,21,22). The highest BCUT2D eigenvalue weighted by molar-refractivity contribution is 5.79. The molecule has 0 fully saturated rings. The van der Waals surface area contributed by atoms with Crippen LogP contribution in [0.25, 0.3) is 0 Å². The molecule has 0 aliphatic carbocycles. The summed E-state index contributed by atoms with van der Waals surface area (Å²) in [5.74, 6) is 1.48. The highest BCUT2D eigenvalue weighted by Crippen LogP contribution is 2.09. The van der Waals surface area contributed by atoms with Crippen molar-refractivity contribution in [1.82, 2.24) is 15.5 Å². The molecule has 1 unspecified atom stereocenters. The van der Waals surface area contributed by atoms with Gasteiger partial charge in [0.15, 0.2) is 5.96 Å². The molecule has 5 nitrogen and oxygen atoms in total. The smallest absolute Gasteiger partial charge is 0.191 e. The van der Waals surface area contributed by atoms with Gasteiger partial charge in [0, 0.05) is 26.2 Å². The van der Waals surface area contributed by atoms with Crippen LogP contribution in [0.3, 0.4) is 0 Å². The van der Waals surface area contributed by atoms with E-state index in [0.717, 1.165) is 58.1 Å². The highest BCUT2D eigenvalue weighted by Gasteiger charge is 2.12. The molecule has 0 heterocycles. The van der Waals surface area contributed by atoms with Crippen LogP contribution < -0.4 is 10.6 Å². The molecule has 144 valence electrons. The largest absolute Gasteiger partial charge is 0.378 e. The summed E-state index contributed by atoms with van der Waals surface area (Å²) < 4.78 is 5.80. The Morgan fingerprint density at radius 2 is 1.75 bits per heavy atom. The molecule has 0 rings (SSSR count). The Hall–Kier alpha value is -0.810. The fraction of sp³-hybridized carbons (Fsp3) is 0.947. The number of unbranched alkanes of at least 4 members (excludes halogenated alkanes) is 1. The summed E-state index contributed by atoms with van der Waals surface area (Å²) in [5, 5.41) is 6.76. The van der Waals surface area contributed by atoms with Crippen molar-refractivity contribution in [2.75, 3.05) is 45.9 Å². The van der Waals surface area contributed by atoms with Crippen LogP contribution in [0.2, 0.25) is 0 Å². The van der Waals surface area contributed by atoms with E-state index in [0.29, 0.717) is 12.0 Å². The molecule has 0 saturated heterocycles. The summed E-state index contributed by atoms with van der Waals surface area (Å²) in [4.78, 5) is 7.15. The Morgan fingerprint density at radius 3 is 2.29 bits per heavy atom. The van der Waals surface area contributed by atoms with Crippen molar-refractivity contribution in [1.29, 1.82) is 0 Å². The molecular formula is C19H42N4O. The Bertz CT molecular complexity index is 304. The molecular weight excluding hydrogens is 300 g/mol. The van der Waals surface area contributed by atoms with E-state index < -0.39 is 0 Å². The van der Waals surface area contributed by atoms with E-state index in [1.54, 1.807) is 0 Å². The van der Waals surface area contributed by atoms with E-state index in [4.69, 9.17) is 4.74 Å². The van der Waals surface area contributed by atoms with Gasteiger partial charge in [-0.05, 0) is 58.7 Å². The van der Waals surface area contributed by atoms with E-state index in [9.17, 15) is 0 Å². The average molecular weight is 343 g/mol. The maximum absolute atomic E-state index is 5.80. The van der Waals surface area contributed by atoms with Crippen LogP contribution >= 0.6 is 0 Å². The van der Waals surface area contributed by atoms with Crippen LogP contribution in [-0.2, 0) is 4.74 Å². The van der Waals surface area contributed by atoms with Gasteiger partial charge in [0.1, 0.15) is 0 Å². The molecule has 24 heavy (non-hydrogen) atoms. The van der Waals surface area contributed by atoms with Gasteiger partial charge in [0.25, 0.3) is 0 Å². The van der Waals surface area contributed by atoms with E-state index in [2.05, 4.69) is 62.1 Å². The van der Waals surface area contributed by atoms with Crippen molar-refractivity contribution in [3.05, 3.63) is 0 Å². The van der Waals surface area contributed by atoms with Crippen LogP contribution in [-0.4, -0.2) is 62.8 Å². The third kappa shape index (κ3) is 11.7. The fourth-order valence-electron chi connectivity index (χ4n) is 2.68. The lowest BCUT2D eigenvalue weighted by Crippen LogP contribution is -2.39. The van der Waals surface area contributed by atoms with Crippen LogP contribution in [0.4, 0.5) is 0 Å². The zero-order valence-electron chi connectivity index (χ0n) is 17.0. The quantitative estimate of drug-likeness (QED) is 0.289. The van der Waals surface area contributed by atoms with Crippen molar-refractivity contribution in [2.24, 2.45) is 10.9 Å². The minimum Gasteiger partial charge on any atom is -0.378 e. The van der Waals surface area contributed by atoms with Crippen molar-refractivity contribution in [2.45, 2.75) is 66.9 Å². The lowest BCUT2D eigenvalue weighted by molar-refractivity contribution is 0.0258. The first-order chi connectivity index (χ1) is 11.6. The Morgan fingerprint density at radius 1 is 1.04 bits per heavy atom. The SMILES string of the molecule is CCNC(=NCCCCN(CC)CC)NCCC(OCC)C(C)C. The number of ether oxygens (including phenoxy) is 1. The van der Waals surface area contributed by atoms with Gasteiger partial charge in [-0.1, -0.05) is 27.7 Å². The number of hydrogen-bond donors (Lipinski definition) is 2. The van der Waals surface area contributed by atoms with Crippen molar-refractivity contribution in [3.63, 3.8) is 0 Å². The van der Waals surface area contributed by atoms with Crippen LogP contribution in [0, 0.1) is 5.92 Å². The monoisotopic (exact) mass is 342 g/mol. The Kier molecular flexibility index (Phi) is 15.2. The summed E-state index contributed by atoms with van der Waals surface area (Å²) in [7, 11) is 0. The first-order valence-electron chi connectivity index (χ1n) is 9.94. The van der Waals surface area contributed by atoms with E-state index in [-0.39, 0.29) is 0 Å². The van der Waals surface area contributed by atoms with Crippen molar-refractivity contribution in [3.8, 4) is 0 Å². The van der Waals surface area contributed by atoms with Gasteiger partial charge in [-0.3, -0.25) is 4.99 Å². The summed E-state index contributed by atoms with van der Waals surface area (Å²) in [6, 6.07) is 0. The second-order valence-corrected chi connectivity index (χ2v) is 6.45. The normalized spacial score (nSPS) is 13.6. The molecule has 1 atom stereocenters. The second-order valence-electron chi connectivity index (χ2n) is 6.45. The molecule has 0 aromatic carbocycles. The zero-order valence-corrected chi connectivity index (χ0v) is 17.0. The first-order valence-corrected chi connectivity index (χ1v) is 9.94. The van der Waals surface area contributed by atoms with Gasteiger partial charge in [0.05, 0.1) is 6.10 Å². The molecule has 0 radical (unpaired) electrons. The first kappa shape index (κ1) is 23.2. The lowest BCUT2D eigenvalue weighted by atomic mass is 10.0. The van der Waals surface area contributed by atoms with Gasteiger partial charge < -0.3 is 20.3 Å². The van der Waals surface area contributed by atoms with E-state index >= 15 is 0 Å². The summed E-state index contributed by atoms with van der Waals surface area (Å²) in [6.07, 6.45) is 3.68. The topological polar surface area (TPSA) is 48.9 Å². The van der Waals surface area contributed by atoms with Gasteiger partial charge in [-0.15, -0.1) is 0 Å². The molecule has 0 spiro atoms. The number of guanidine groups is 1. The summed E-state index contributed by atoms with van der Waals surface area (Å²) in [5.41, 5.74) is 0. The molecule has 0 aromatic heterocycles. The lowest BCUT2D eigenvalue weighted by Gasteiger charge is -2.21. The molecule has 0 aliphatic rings. The molecule has 2 N–H and O–H groups in total. The minimum atomic E-state index is 0.319. The molecule has 0 amide bonds. The van der Waals surface area contributed by atoms with Gasteiger partial charge in [-0.25, -0.2) is 0 Å². The van der Waals surface area contributed by atoms with Crippen LogP contribution in [0.15, 0.2) is 4.99 Å². The van der Waals surface area contributed by atoms with Crippen molar-refractivity contribution < 1.29 is 4.74 Å². The fourth-order valence-corrected chi connectivity index (χ4v) is 2.68. The number of rotatable bonds is 14. The summed E-state index contributed by atoms with van der Waals surface area (Å²) in [6.45, 7) is 20.0. The summed E-state index contributed by atoms with van der Waals surface area (Å²) >= 11 is 0. The maximum Gasteiger partial charge on any atom is 0.191 e. The van der Waals surface area contributed by atoms with E-state index in [1.807, 2.05) is 0 Å². The molecule has 0 aliphatic heterocycles. The molecule has 0 aromatic rings. The zero-order chi connectivity index (χ0) is 18.2. The third-order valence-corrected chi connectivity index (χ3v) is 4.24. The van der Waals surface area contributed by atoms with Crippen LogP contribution in [0.5, 0.6) is 0 Å². The predicted octanol–water partition coefficient (Wildman–Crippen LogP) is 3.11. The Labute approximate surface area is 150 Å². The predicted molar refractivity (Wildman–Crippen MR) is 106 cm³/mol. The van der Waals surface area contributed by atoms with Gasteiger partial charge >= 0.3 is 0 Å². The molecule has 0 saturated carbocycles. The Balaban J connectivity index is 4.09. The van der Waals surface area contributed by atoms with Crippen molar-refractivity contribution >= 4 is 5.96 Å². The number of hydrogen-bond acceptors (Lipinski definition) is 3. The van der Waals surface area contributed by atoms with Gasteiger partial charge in [0.2, 0.25) is 0 Å². The van der Waals surface area contributed by atoms with E-state index in [1.165, 1.54) is 13.0 Å². The second kappa shape index (κ2) is 15.7. The number of nitrogens with zero attached hydrogens (tertiary/aromatic N) is 2. The highest BCUT2D eigenvalue weighted by atomic mass is 16.5. The number of aliphatic imine (C=N–C) groups is 1. The minimum absolute atomic E-state index is 0.319. The average Bonchev–Trinajstić information content (AvgIpc) is 2.57. The van der Waals surface area contributed by atoms with Gasteiger partial charge in [-0.2, -0.15) is 0 Å². The molecule has 0 bridgehead atoms. The molecule has 5 heteroatoms.